The van der Waals surface area contributed by atoms with E-state index in [1.54, 1.807) is 44.2 Å². The van der Waals surface area contributed by atoms with E-state index in [1.807, 2.05) is 12.1 Å². The van der Waals surface area contributed by atoms with Crippen LogP contribution in [0.15, 0.2) is 58.7 Å². The number of amidine groups is 1. The Morgan fingerprint density at radius 3 is 2.67 bits per heavy atom. The number of hydrogen-bond acceptors (Lipinski definition) is 7. The van der Waals surface area contributed by atoms with Crippen LogP contribution in [-0.4, -0.2) is 36.5 Å². The number of esters is 1. The molecule has 0 fully saturated rings. The summed E-state index contributed by atoms with van der Waals surface area (Å²) < 4.78 is 10.5. The Morgan fingerprint density at radius 1 is 1.18 bits per heavy atom. The minimum Gasteiger partial charge on any atom is -0.495 e. The summed E-state index contributed by atoms with van der Waals surface area (Å²) in [5.74, 6) is -0.0750. The lowest BCUT2D eigenvalue weighted by Crippen LogP contribution is -2.31. The van der Waals surface area contributed by atoms with E-state index in [2.05, 4.69) is 15.6 Å². The minimum atomic E-state index is -0.726. The van der Waals surface area contributed by atoms with Crippen molar-refractivity contribution in [1.82, 2.24) is 5.32 Å². The van der Waals surface area contributed by atoms with Gasteiger partial charge in [0.2, 0.25) is 5.91 Å². The van der Waals surface area contributed by atoms with Crippen LogP contribution in [0.4, 0.5) is 5.69 Å². The molecule has 1 aliphatic rings. The second kappa shape index (κ2) is 11.4. The molecular weight excluding hydrogens is 485 g/mol. The lowest BCUT2D eigenvalue weighted by atomic mass is 9.96. The largest absolute Gasteiger partial charge is 0.495 e. The topological polar surface area (TPSA) is 89.0 Å². The third-order valence-corrected chi connectivity index (χ3v) is 6.43. The van der Waals surface area contributed by atoms with Gasteiger partial charge < -0.3 is 20.1 Å². The van der Waals surface area contributed by atoms with Gasteiger partial charge in [-0.15, -0.1) is 0 Å². The number of methoxy groups -OCH3 is 1. The van der Waals surface area contributed by atoms with Crippen molar-refractivity contribution >= 4 is 57.7 Å². The van der Waals surface area contributed by atoms with Crippen molar-refractivity contribution in [3.8, 4) is 5.75 Å². The number of nitrogens with zero attached hydrogens (tertiary/aromatic N) is 1. The number of hydrogen-bond donors (Lipinski definition) is 2. The van der Waals surface area contributed by atoms with Crippen LogP contribution in [0.2, 0.25) is 10.0 Å². The zero-order valence-electron chi connectivity index (χ0n) is 18.3. The van der Waals surface area contributed by atoms with E-state index >= 15 is 0 Å². The number of amides is 1. The molecule has 33 heavy (non-hydrogen) atoms. The Labute approximate surface area is 206 Å². The summed E-state index contributed by atoms with van der Waals surface area (Å²) >= 11 is 13.8. The monoisotopic (exact) mass is 507 g/mol. The Kier molecular flexibility index (Phi) is 8.66. The van der Waals surface area contributed by atoms with Crippen LogP contribution >= 0.6 is 35.0 Å². The van der Waals surface area contributed by atoms with Gasteiger partial charge in [-0.1, -0.05) is 59.2 Å². The molecule has 10 heteroatoms. The second-order valence-corrected chi connectivity index (χ2v) is 8.65. The van der Waals surface area contributed by atoms with Crippen LogP contribution in [-0.2, 0) is 14.3 Å². The highest BCUT2D eigenvalue weighted by Crippen LogP contribution is 2.39. The van der Waals surface area contributed by atoms with Crippen LogP contribution in [0.3, 0.4) is 0 Å². The van der Waals surface area contributed by atoms with E-state index in [-0.39, 0.29) is 18.3 Å². The first-order valence-electron chi connectivity index (χ1n) is 10.1. The maximum atomic E-state index is 12.7. The standard InChI is InChI=1S/C23H23Cl2N3O4S/c1-4-32-22(30)19-13(2)26-23(28-21(19)14-8-7-9-15(24)20(14)25)33-12-18(29)27-16-10-5-6-11-17(16)31-3/h5-11,21H,4,12H2,1-3H3,(H,26,28)(H,27,29)/t21-/m1/s1. The number of halogens is 2. The van der Waals surface area contributed by atoms with Gasteiger partial charge in [-0.25, -0.2) is 9.79 Å². The van der Waals surface area contributed by atoms with Crippen LogP contribution in [0, 0.1) is 0 Å². The number of aliphatic imine (C=N–C) groups is 1. The molecule has 2 aromatic carbocycles. The van der Waals surface area contributed by atoms with Gasteiger partial charge in [-0.2, -0.15) is 0 Å². The molecule has 0 spiro atoms. The number of carbonyl (C=O) groups excluding carboxylic acids is 2. The number of rotatable bonds is 7. The summed E-state index contributed by atoms with van der Waals surface area (Å²) in [6.07, 6.45) is 0. The molecular formula is C23H23Cl2N3O4S. The Morgan fingerprint density at radius 2 is 1.94 bits per heavy atom. The molecule has 0 aliphatic carbocycles. The highest BCUT2D eigenvalue weighted by molar-refractivity contribution is 8.14. The Balaban J connectivity index is 1.82. The molecule has 0 aromatic heterocycles. The van der Waals surface area contributed by atoms with Gasteiger partial charge in [-0.3, -0.25) is 4.79 Å². The molecule has 0 saturated carbocycles. The van der Waals surface area contributed by atoms with Crippen molar-refractivity contribution in [1.29, 1.82) is 0 Å². The average Bonchev–Trinajstić information content (AvgIpc) is 2.79. The number of carbonyl (C=O) groups is 2. The number of benzene rings is 2. The van der Waals surface area contributed by atoms with Crippen molar-refractivity contribution in [2.75, 3.05) is 24.8 Å². The molecule has 2 N–H and O–H groups in total. The van der Waals surface area contributed by atoms with Gasteiger partial charge in [-0.05, 0) is 32.0 Å². The lowest BCUT2D eigenvalue weighted by molar-refractivity contribution is -0.139. The SMILES string of the molecule is CCOC(=O)C1=C(C)NC(SCC(=O)Nc2ccccc2OC)=N[C@@H]1c1cccc(Cl)c1Cl. The van der Waals surface area contributed by atoms with Crippen LogP contribution in [0.1, 0.15) is 25.5 Å². The van der Waals surface area contributed by atoms with Crippen LogP contribution in [0.25, 0.3) is 0 Å². The van der Waals surface area contributed by atoms with Crippen molar-refractivity contribution in [2.24, 2.45) is 4.99 Å². The summed E-state index contributed by atoms with van der Waals surface area (Å²) in [7, 11) is 1.54. The highest BCUT2D eigenvalue weighted by Gasteiger charge is 2.32. The normalized spacial score (nSPS) is 15.4. The summed E-state index contributed by atoms with van der Waals surface area (Å²) in [4.78, 5) is 29.9. The molecule has 174 valence electrons. The Bertz CT molecular complexity index is 1120. The Hall–Kier alpha value is -2.68. The molecule has 7 nitrogen and oxygen atoms in total. The van der Waals surface area contributed by atoms with Gasteiger partial charge in [0.15, 0.2) is 5.17 Å². The lowest BCUT2D eigenvalue weighted by Gasteiger charge is -2.26. The molecule has 1 aliphatic heterocycles. The van der Waals surface area contributed by atoms with E-state index in [0.29, 0.717) is 43.5 Å². The van der Waals surface area contributed by atoms with Gasteiger partial charge in [0, 0.05) is 11.3 Å². The fourth-order valence-corrected chi connectivity index (χ4v) is 4.37. The predicted octanol–water partition coefficient (Wildman–Crippen LogP) is 5.21. The van der Waals surface area contributed by atoms with Gasteiger partial charge in [0.25, 0.3) is 0 Å². The number of ether oxygens (including phenoxy) is 2. The zero-order chi connectivity index (χ0) is 24.0. The number of allylic oxidation sites excluding steroid dienone is 1. The fourth-order valence-electron chi connectivity index (χ4n) is 3.22. The molecule has 1 heterocycles. The van der Waals surface area contributed by atoms with E-state index in [1.165, 1.54) is 18.9 Å². The molecule has 3 rings (SSSR count). The molecule has 0 radical (unpaired) electrons. The number of thioether (sulfide) groups is 1. The first-order valence-corrected chi connectivity index (χ1v) is 11.8. The molecule has 0 unspecified atom stereocenters. The number of anilines is 1. The van der Waals surface area contributed by atoms with E-state index in [9.17, 15) is 9.59 Å². The maximum absolute atomic E-state index is 12.7. The third-order valence-electron chi connectivity index (χ3n) is 4.71. The second-order valence-electron chi connectivity index (χ2n) is 6.90. The predicted molar refractivity (Wildman–Crippen MR) is 133 cm³/mol. The first-order chi connectivity index (χ1) is 15.8. The highest BCUT2D eigenvalue weighted by atomic mass is 35.5. The summed E-state index contributed by atoms with van der Waals surface area (Å²) in [5, 5.41) is 7.05. The number of para-hydroxylation sites is 2. The molecule has 1 atom stereocenters. The summed E-state index contributed by atoms with van der Waals surface area (Å²) in [6.45, 7) is 3.71. The molecule has 0 saturated heterocycles. The zero-order valence-corrected chi connectivity index (χ0v) is 20.6. The molecule has 1 amide bonds. The van der Waals surface area contributed by atoms with E-state index in [4.69, 9.17) is 32.7 Å². The van der Waals surface area contributed by atoms with Crippen LogP contribution < -0.4 is 15.4 Å². The summed E-state index contributed by atoms with van der Waals surface area (Å²) in [5.41, 5.74) is 2.05. The smallest absolute Gasteiger partial charge is 0.338 e. The summed E-state index contributed by atoms with van der Waals surface area (Å²) in [6, 6.07) is 11.6. The first kappa shape index (κ1) is 25.0. The van der Waals surface area contributed by atoms with Crippen molar-refractivity contribution in [3.05, 3.63) is 69.3 Å². The van der Waals surface area contributed by atoms with Gasteiger partial charge in [0.05, 0.1) is 40.8 Å². The van der Waals surface area contributed by atoms with Gasteiger partial charge in [0.1, 0.15) is 11.8 Å². The molecule has 0 bridgehead atoms. The molecule has 2 aromatic rings. The van der Waals surface area contributed by atoms with Crippen LogP contribution in [0.5, 0.6) is 5.75 Å². The fraction of sp³-hybridized carbons (Fsp3) is 0.261. The van der Waals surface area contributed by atoms with Gasteiger partial charge >= 0.3 is 5.97 Å². The quantitative estimate of drug-likeness (QED) is 0.499. The van der Waals surface area contributed by atoms with E-state index < -0.39 is 12.0 Å². The number of nitrogens with one attached hydrogen (secondary N) is 2. The van der Waals surface area contributed by atoms with E-state index in [0.717, 1.165) is 0 Å². The minimum absolute atomic E-state index is 0.0852. The van der Waals surface area contributed by atoms with Crippen molar-refractivity contribution < 1.29 is 19.1 Å². The van der Waals surface area contributed by atoms with Crippen molar-refractivity contribution in [2.45, 2.75) is 19.9 Å². The van der Waals surface area contributed by atoms with Crippen molar-refractivity contribution in [3.63, 3.8) is 0 Å². The third kappa shape index (κ3) is 6.01. The average molecular weight is 508 g/mol. The maximum Gasteiger partial charge on any atom is 0.338 e.